The van der Waals surface area contributed by atoms with Crippen LogP contribution >= 0.6 is 11.3 Å². The standard InChI is InChI=1S/C30H29F2N7O5S/c1-5-44-24-14-13-23(34-35-24)39-27(40)25-20(15-37(2)3)26(17-9-11-18(12-10-17)33-29(41)36-43-4)45-28(25)38(30(39)42)16-19-21(31)7-6-8-22(19)32/h6-14H,5,15-16H2,1-4H3,(H2,33,36,41). The number of halogens is 2. The first-order valence-electron chi connectivity index (χ1n) is 13.7. The summed E-state index contributed by atoms with van der Waals surface area (Å²) in [5.41, 5.74) is 2.09. The Morgan fingerprint density at radius 2 is 1.71 bits per heavy atom. The highest BCUT2D eigenvalue weighted by atomic mass is 32.1. The molecular weight excluding hydrogens is 608 g/mol. The Labute approximate surface area is 259 Å². The van der Waals surface area contributed by atoms with Crippen molar-refractivity contribution in [3.8, 4) is 22.1 Å². The van der Waals surface area contributed by atoms with Crippen molar-refractivity contribution in [2.75, 3.05) is 33.1 Å². The van der Waals surface area contributed by atoms with Crippen LogP contribution in [0.15, 0.2) is 64.2 Å². The molecule has 2 amide bonds. The summed E-state index contributed by atoms with van der Waals surface area (Å²) in [6, 6.07) is 12.6. The molecule has 5 aromatic rings. The van der Waals surface area contributed by atoms with Gasteiger partial charge in [0.05, 0.1) is 25.6 Å². The van der Waals surface area contributed by atoms with Crippen LogP contribution in [0.3, 0.4) is 0 Å². The van der Waals surface area contributed by atoms with Crippen molar-refractivity contribution in [1.82, 2.24) is 29.7 Å². The predicted molar refractivity (Wildman–Crippen MR) is 166 cm³/mol. The van der Waals surface area contributed by atoms with Gasteiger partial charge in [0.15, 0.2) is 5.82 Å². The summed E-state index contributed by atoms with van der Waals surface area (Å²) in [7, 11) is 4.97. The number of hydroxylamine groups is 1. The van der Waals surface area contributed by atoms with E-state index in [4.69, 9.17) is 4.74 Å². The van der Waals surface area contributed by atoms with E-state index in [2.05, 4.69) is 25.8 Å². The smallest absolute Gasteiger partial charge is 0.343 e. The minimum atomic E-state index is -0.846. The SMILES string of the molecule is CCOc1ccc(-n2c(=O)c3c(CN(C)C)c(-c4ccc(NC(=O)NOC)cc4)sc3n(Cc3c(F)cccc3F)c2=O)nn1. The van der Waals surface area contributed by atoms with E-state index in [0.717, 1.165) is 28.0 Å². The molecule has 3 heterocycles. The Morgan fingerprint density at radius 3 is 2.31 bits per heavy atom. The van der Waals surface area contributed by atoms with E-state index in [1.165, 1.54) is 29.9 Å². The van der Waals surface area contributed by atoms with Gasteiger partial charge in [0.2, 0.25) is 5.88 Å². The molecule has 0 spiro atoms. The second-order valence-corrected chi connectivity index (χ2v) is 11.0. The Balaban J connectivity index is 1.77. The van der Waals surface area contributed by atoms with Crippen LogP contribution in [-0.2, 0) is 17.9 Å². The molecule has 0 radical (unpaired) electrons. The fraction of sp³-hybridized carbons (Fsp3) is 0.233. The second kappa shape index (κ2) is 13.3. The number of nitrogens with one attached hydrogen (secondary N) is 2. The normalized spacial score (nSPS) is 11.3. The number of aromatic nitrogens is 4. The Kier molecular flexibility index (Phi) is 9.32. The highest BCUT2D eigenvalue weighted by Gasteiger charge is 2.26. The average Bonchev–Trinajstić information content (AvgIpc) is 3.36. The van der Waals surface area contributed by atoms with Gasteiger partial charge in [-0.2, -0.15) is 0 Å². The zero-order valence-corrected chi connectivity index (χ0v) is 25.6. The fourth-order valence-electron chi connectivity index (χ4n) is 4.76. The van der Waals surface area contributed by atoms with Gasteiger partial charge in [-0.25, -0.2) is 28.4 Å². The lowest BCUT2D eigenvalue weighted by Gasteiger charge is -2.14. The van der Waals surface area contributed by atoms with Gasteiger partial charge < -0.3 is 15.0 Å². The van der Waals surface area contributed by atoms with E-state index in [0.29, 0.717) is 34.8 Å². The molecule has 45 heavy (non-hydrogen) atoms. The van der Waals surface area contributed by atoms with Crippen molar-refractivity contribution in [2.24, 2.45) is 0 Å². The first kappa shape index (κ1) is 31.4. The van der Waals surface area contributed by atoms with E-state index in [1.54, 1.807) is 31.2 Å². The maximum atomic E-state index is 14.9. The van der Waals surface area contributed by atoms with Crippen molar-refractivity contribution < 1.29 is 23.1 Å². The van der Waals surface area contributed by atoms with E-state index in [-0.39, 0.29) is 27.5 Å². The summed E-state index contributed by atoms with van der Waals surface area (Å²) in [6.45, 7) is 1.92. The van der Waals surface area contributed by atoms with Crippen LogP contribution in [0.2, 0.25) is 0 Å². The van der Waals surface area contributed by atoms with Crippen LogP contribution in [-0.4, -0.2) is 58.1 Å². The number of ether oxygens (including phenoxy) is 1. The maximum absolute atomic E-state index is 14.9. The van der Waals surface area contributed by atoms with Gasteiger partial charge in [-0.15, -0.1) is 21.5 Å². The highest BCUT2D eigenvalue weighted by Crippen LogP contribution is 2.38. The number of nitrogens with zero attached hydrogens (tertiary/aromatic N) is 5. The lowest BCUT2D eigenvalue weighted by Crippen LogP contribution is -2.39. The molecule has 15 heteroatoms. The zero-order valence-electron chi connectivity index (χ0n) is 24.8. The first-order valence-corrected chi connectivity index (χ1v) is 14.5. The zero-order chi connectivity index (χ0) is 32.2. The van der Waals surface area contributed by atoms with Crippen molar-refractivity contribution >= 4 is 33.3 Å². The predicted octanol–water partition coefficient (Wildman–Crippen LogP) is 4.14. The highest BCUT2D eigenvalue weighted by molar-refractivity contribution is 7.22. The lowest BCUT2D eigenvalue weighted by molar-refractivity contribution is 0.114. The van der Waals surface area contributed by atoms with Gasteiger partial charge in [0.1, 0.15) is 16.5 Å². The Bertz CT molecular complexity index is 1950. The van der Waals surface area contributed by atoms with Gasteiger partial charge >= 0.3 is 11.7 Å². The van der Waals surface area contributed by atoms with Crippen molar-refractivity contribution in [1.29, 1.82) is 0 Å². The van der Waals surface area contributed by atoms with Crippen LogP contribution in [0.4, 0.5) is 19.3 Å². The third-order valence-electron chi connectivity index (χ3n) is 6.67. The molecule has 5 rings (SSSR count). The number of amides is 2. The summed E-state index contributed by atoms with van der Waals surface area (Å²) >= 11 is 1.15. The molecule has 0 fully saturated rings. The monoisotopic (exact) mass is 637 g/mol. The number of benzene rings is 2. The Morgan fingerprint density at radius 1 is 1.00 bits per heavy atom. The van der Waals surface area contributed by atoms with Gasteiger partial charge in [0.25, 0.3) is 5.56 Å². The molecule has 2 aromatic carbocycles. The average molecular weight is 638 g/mol. The number of carbonyl (C=O) groups is 1. The van der Waals surface area contributed by atoms with Gasteiger partial charge in [-0.1, -0.05) is 18.2 Å². The molecule has 0 aliphatic rings. The molecule has 0 saturated heterocycles. The minimum Gasteiger partial charge on any atom is -0.477 e. The van der Waals surface area contributed by atoms with Crippen LogP contribution in [0.1, 0.15) is 18.1 Å². The van der Waals surface area contributed by atoms with Crippen molar-refractivity contribution in [3.63, 3.8) is 0 Å². The molecular formula is C30H29F2N7O5S. The summed E-state index contributed by atoms with van der Waals surface area (Å²) in [5, 5.41) is 10.8. The third-order valence-corrected chi connectivity index (χ3v) is 7.98. The largest absolute Gasteiger partial charge is 0.477 e. The molecule has 0 unspecified atom stereocenters. The maximum Gasteiger partial charge on any atom is 0.343 e. The first-order chi connectivity index (χ1) is 21.6. The molecule has 0 atom stereocenters. The van der Waals surface area contributed by atoms with Gasteiger partial charge in [-0.05, 0) is 62.5 Å². The Hall–Kier alpha value is -4.99. The molecule has 3 aromatic heterocycles. The number of hydrogen-bond donors (Lipinski definition) is 2. The van der Waals surface area contributed by atoms with E-state index in [1.807, 2.05) is 19.0 Å². The molecule has 0 aliphatic heterocycles. The summed E-state index contributed by atoms with van der Waals surface area (Å²) in [5.74, 6) is -1.54. The number of rotatable bonds is 10. The molecule has 234 valence electrons. The van der Waals surface area contributed by atoms with Gasteiger partial charge in [0, 0.05) is 28.7 Å². The summed E-state index contributed by atoms with van der Waals surface area (Å²) in [6.07, 6.45) is 0. The van der Waals surface area contributed by atoms with E-state index >= 15 is 0 Å². The van der Waals surface area contributed by atoms with E-state index < -0.39 is 35.5 Å². The third kappa shape index (κ3) is 6.45. The number of urea groups is 1. The lowest BCUT2D eigenvalue weighted by atomic mass is 10.1. The number of anilines is 1. The van der Waals surface area contributed by atoms with Gasteiger partial charge in [-0.3, -0.25) is 14.2 Å². The fourth-order valence-corrected chi connectivity index (χ4v) is 6.07. The number of thiophene rings is 1. The quantitative estimate of drug-likeness (QED) is 0.219. The van der Waals surface area contributed by atoms with Crippen LogP contribution < -0.4 is 26.8 Å². The van der Waals surface area contributed by atoms with Crippen molar-refractivity contribution in [3.05, 3.63) is 98.2 Å². The molecule has 2 N–H and O–H groups in total. The molecule has 0 aliphatic carbocycles. The van der Waals surface area contributed by atoms with Crippen LogP contribution in [0.25, 0.3) is 26.5 Å². The molecule has 0 saturated carbocycles. The molecule has 0 bridgehead atoms. The summed E-state index contributed by atoms with van der Waals surface area (Å²) in [4.78, 5) is 47.5. The number of carbonyl (C=O) groups excluding carboxylic acids is 1. The minimum absolute atomic E-state index is 0.0774. The number of fused-ring (bicyclic) bond motifs is 1. The number of hydrogen-bond acceptors (Lipinski definition) is 9. The van der Waals surface area contributed by atoms with Crippen molar-refractivity contribution in [2.45, 2.75) is 20.0 Å². The van der Waals surface area contributed by atoms with Crippen LogP contribution in [0.5, 0.6) is 5.88 Å². The van der Waals surface area contributed by atoms with Crippen LogP contribution in [0, 0.1) is 11.6 Å². The summed E-state index contributed by atoms with van der Waals surface area (Å²) < 4.78 is 37.1. The molecule has 12 nitrogen and oxygen atoms in total. The topological polar surface area (TPSA) is 133 Å². The second-order valence-electron chi connectivity index (χ2n) is 10.0. The van der Waals surface area contributed by atoms with E-state index in [9.17, 15) is 23.2 Å².